The van der Waals surface area contributed by atoms with Gasteiger partial charge in [-0.05, 0) is 80.0 Å². The zero-order valence-electron chi connectivity index (χ0n) is 22.6. The largest absolute Gasteiger partial charge is 0.454 e. The second-order valence-corrected chi connectivity index (χ2v) is 10.7. The maximum absolute atomic E-state index is 13.5. The second-order valence-electron chi connectivity index (χ2n) is 10.7. The zero-order chi connectivity index (χ0) is 27.3. The van der Waals surface area contributed by atoms with Crippen molar-refractivity contribution in [1.82, 2.24) is 5.32 Å². The van der Waals surface area contributed by atoms with Gasteiger partial charge in [-0.3, -0.25) is 9.59 Å². The number of hydrogen-bond donors (Lipinski definition) is 2. The predicted molar refractivity (Wildman–Crippen MR) is 153 cm³/mol. The van der Waals surface area contributed by atoms with Crippen molar-refractivity contribution in [2.24, 2.45) is 5.92 Å². The maximum atomic E-state index is 13.5. The molecular weight excluding hydrogens is 506 g/mol. The standard InChI is InChI=1S/C32H35N3O5/c36-31(24-8-11-29-30(18-24)40-21-39-29)34-25-9-10-28(27(19-25)32(37)33-20-26-7-4-16-38-26)35-14-12-23(13-15-35)17-22-5-2-1-3-6-22/h1-3,5-6,8-11,18-19,23,26H,4,7,12-17,20-21H2,(H,33,37)(H,34,36). The van der Waals surface area contributed by atoms with Crippen molar-refractivity contribution in [2.45, 2.75) is 38.2 Å². The fourth-order valence-electron chi connectivity index (χ4n) is 5.74. The van der Waals surface area contributed by atoms with Crippen LogP contribution in [0.25, 0.3) is 0 Å². The van der Waals surface area contributed by atoms with E-state index < -0.39 is 0 Å². The highest BCUT2D eigenvalue weighted by Gasteiger charge is 2.25. The van der Waals surface area contributed by atoms with Gasteiger partial charge in [0.15, 0.2) is 11.5 Å². The minimum Gasteiger partial charge on any atom is -0.454 e. The molecule has 0 spiro atoms. The van der Waals surface area contributed by atoms with Crippen LogP contribution in [-0.2, 0) is 11.2 Å². The molecule has 0 bridgehead atoms. The number of amides is 2. The number of nitrogens with one attached hydrogen (secondary N) is 2. The third-order valence-electron chi connectivity index (χ3n) is 7.97. The van der Waals surface area contributed by atoms with Crippen molar-refractivity contribution >= 4 is 23.2 Å². The summed E-state index contributed by atoms with van der Waals surface area (Å²) in [4.78, 5) is 28.8. The van der Waals surface area contributed by atoms with Crippen molar-refractivity contribution in [3.8, 4) is 11.5 Å². The molecule has 3 aliphatic heterocycles. The number of hydrogen-bond acceptors (Lipinski definition) is 6. The lowest BCUT2D eigenvalue weighted by Crippen LogP contribution is -2.37. The average Bonchev–Trinajstić information content (AvgIpc) is 3.69. The van der Waals surface area contributed by atoms with Gasteiger partial charge in [0, 0.05) is 43.2 Å². The average molecular weight is 542 g/mol. The molecule has 0 aliphatic carbocycles. The Morgan fingerprint density at radius 3 is 2.50 bits per heavy atom. The molecule has 3 aromatic carbocycles. The zero-order valence-corrected chi connectivity index (χ0v) is 22.6. The molecule has 208 valence electrons. The summed E-state index contributed by atoms with van der Waals surface area (Å²) in [5.74, 6) is 1.36. The van der Waals surface area contributed by atoms with Crippen LogP contribution in [-0.4, -0.2) is 51.0 Å². The number of rotatable bonds is 8. The number of ether oxygens (including phenoxy) is 3. The SMILES string of the molecule is O=C(Nc1ccc(N2CCC(Cc3ccccc3)CC2)c(C(=O)NCC2CCCO2)c1)c1ccc2c(c1)OCO2. The number of benzene rings is 3. The predicted octanol–water partition coefficient (Wildman–Crippen LogP) is 5.04. The Morgan fingerprint density at radius 2 is 1.70 bits per heavy atom. The third-order valence-corrected chi connectivity index (χ3v) is 7.97. The summed E-state index contributed by atoms with van der Waals surface area (Å²) < 4.78 is 16.5. The first-order valence-corrected chi connectivity index (χ1v) is 14.2. The fourth-order valence-corrected chi connectivity index (χ4v) is 5.74. The van der Waals surface area contributed by atoms with E-state index >= 15 is 0 Å². The molecular formula is C32H35N3O5. The van der Waals surface area contributed by atoms with Gasteiger partial charge in [0.05, 0.1) is 11.7 Å². The lowest BCUT2D eigenvalue weighted by Gasteiger charge is -2.35. The molecule has 2 fully saturated rings. The van der Waals surface area contributed by atoms with Crippen LogP contribution in [0.15, 0.2) is 66.7 Å². The molecule has 40 heavy (non-hydrogen) atoms. The quantitative estimate of drug-likeness (QED) is 0.416. The lowest BCUT2D eigenvalue weighted by molar-refractivity contribution is 0.0858. The third kappa shape index (κ3) is 6.07. The molecule has 1 atom stereocenters. The summed E-state index contributed by atoms with van der Waals surface area (Å²) >= 11 is 0. The van der Waals surface area contributed by atoms with Crippen LogP contribution in [0.5, 0.6) is 11.5 Å². The Bertz CT molecular complexity index is 1350. The molecule has 0 aromatic heterocycles. The van der Waals surface area contributed by atoms with E-state index in [-0.39, 0.29) is 24.7 Å². The van der Waals surface area contributed by atoms with Gasteiger partial charge in [-0.1, -0.05) is 30.3 Å². The van der Waals surface area contributed by atoms with Gasteiger partial charge < -0.3 is 29.7 Å². The number of fused-ring (bicyclic) bond motifs is 1. The molecule has 0 saturated carbocycles. The first-order valence-electron chi connectivity index (χ1n) is 14.2. The van der Waals surface area contributed by atoms with Crippen molar-refractivity contribution in [1.29, 1.82) is 0 Å². The number of carbonyl (C=O) groups is 2. The normalized spacial score (nSPS) is 18.5. The van der Waals surface area contributed by atoms with Crippen LogP contribution in [0.2, 0.25) is 0 Å². The van der Waals surface area contributed by atoms with Gasteiger partial charge in [-0.2, -0.15) is 0 Å². The van der Waals surface area contributed by atoms with Crippen molar-refractivity contribution < 1.29 is 23.8 Å². The van der Waals surface area contributed by atoms with Crippen molar-refractivity contribution in [2.75, 3.05) is 43.3 Å². The minimum atomic E-state index is -0.279. The molecule has 6 rings (SSSR count). The summed E-state index contributed by atoms with van der Waals surface area (Å²) in [6.45, 7) is 3.13. The van der Waals surface area contributed by atoms with Crippen LogP contribution >= 0.6 is 0 Å². The highest BCUT2D eigenvalue weighted by Crippen LogP contribution is 2.33. The first-order chi connectivity index (χ1) is 19.6. The molecule has 1 unspecified atom stereocenters. The van der Waals surface area contributed by atoms with Crippen LogP contribution < -0.4 is 25.0 Å². The minimum absolute atomic E-state index is 0.0509. The monoisotopic (exact) mass is 541 g/mol. The van der Waals surface area contributed by atoms with E-state index in [1.807, 2.05) is 12.1 Å². The summed E-state index contributed by atoms with van der Waals surface area (Å²) in [7, 11) is 0. The van der Waals surface area contributed by atoms with Gasteiger partial charge in [0.1, 0.15) is 0 Å². The molecule has 3 aliphatic rings. The van der Waals surface area contributed by atoms with E-state index in [9.17, 15) is 9.59 Å². The molecule has 0 radical (unpaired) electrons. The molecule has 2 N–H and O–H groups in total. The van der Waals surface area contributed by atoms with Crippen molar-refractivity contribution in [3.05, 3.63) is 83.4 Å². The van der Waals surface area contributed by atoms with Gasteiger partial charge >= 0.3 is 0 Å². The highest BCUT2D eigenvalue weighted by atomic mass is 16.7. The van der Waals surface area contributed by atoms with Crippen LogP contribution in [0, 0.1) is 5.92 Å². The Balaban J connectivity index is 1.17. The Labute approximate surface area is 234 Å². The van der Waals surface area contributed by atoms with Crippen LogP contribution in [0.1, 0.15) is 52.0 Å². The maximum Gasteiger partial charge on any atom is 0.255 e. The van der Waals surface area contributed by atoms with E-state index in [2.05, 4.69) is 45.9 Å². The smallest absolute Gasteiger partial charge is 0.255 e. The molecule has 8 nitrogen and oxygen atoms in total. The molecule has 8 heteroatoms. The number of nitrogens with zero attached hydrogens (tertiary/aromatic N) is 1. The number of piperidine rings is 1. The van der Waals surface area contributed by atoms with E-state index in [1.54, 1.807) is 24.3 Å². The van der Waals surface area contributed by atoms with Gasteiger partial charge in [-0.25, -0.2) is 0 Å². The Kier molecular flexibility index (Phi) is 7.86. The molecule has 3 aromatic rings. The first kappa shape index (κ1) is 26.2. The Hall–Kier alpha value is -4.04. The summed E-state index contributed by atoms with van der Waals surface area (Å²) in [6.07, 6.45) is 5.23. The molecule has 3 heterocycles. The highest BCUT2D eigenvalue weighted by molar-refractivity contribution is 6.06. The van der Waals surface area contributed by atoms with E-state index in [0.717, 1.165) is 57.5 Å². The topological polar surface area (TPSA) is 89.1 Å². The fraction of sp³-hybridized carbons (Fsp3) is 0.375. The van der Waals surface area contributed by atoms with Crippen LogP contribution in [0.3, 0.4) is 0 Å². The summed E-state index contributed by atoms with van der Waals surface area (Å²) in [6, 6.07) is 21.3. The summed E-state index contributed by atoms with van der Waals surface area (Å²) in [5, 5.41) is 6.02. The Morgan fingerprint density at radius 1 is 0.875 bits per heavy atom. The lowest BCUT2D eigenvalue weighted by atomic mass is 9.89. The second kappa shape index (κ2) is 12.0. The van der Waals surface area contributed by atoms with E-state index in [4.69, 9.17) is 14.2 Å². The van der Waals surface area contributed by atoms with Crippen molar-refractivity contribution in [3.63, 3.8) is 0 Å². The molecule has 2 saturated heterocycles. The number of carbonyl (C=O) groups excluding carboxylic acids is 2. The van der Waals surface area contributed by atoms with E-state index in [0.29, 0.717) is 40.8 Å². The van der Waals surface area contributed by atoms with Crippen LogP contribution in [0.4, 0.5) is 11.4 Å². The number of anilines is 2. The summed E-state index contributed by atoms with van der Waals surface area (Å²) in [5.41, 5.74) is 3.84. The van der Waals surface area contributed by atoms with E-state index in [1.165, 1.54) is 5.56 Å². The van der Waals surface area contributed by atoms with Gasteiger partial charge in [-0.15, -0.1) is 0 Å². The van der Waals surface area contributed by atoms with Gasteiger partial charge in [0.25, 0.3) is 11.8 Å². The molecule has 2 amide bonds. The van der Waals surface area contributed by atoms with Gasteiger partial charge in [0.2, 0.25) is 6.79 Å².